The SMILES string of the molecule is C1=CC2=C(CC1)c1ccccc1C21c2ccccc2-c2ccc(N(c3ccccc3-c3cccc4c3oc3c5ccccc5ccc43)c3cccc4oc5ccccc5c34)cc21. The second-order valence-corrected chi connectivity index (χ2v) is 17.0. The maximum Gasteiger partial charge on any atom is 0.143 e. The summed E-state index contributed by atoms with van der Waals surface area (Å²) in [6.07, 6.45) is 6.91. The number of hydrogen-bond donors (Lipinski definition) is 0. The molecule has 3 aliphatic rings. The molecule has 14 rings (SSSR count). The predicted octanol–water partition coefficient (Wildman–Crippen LogP) is 16.2. The molecule has 0 saturated carbocycles. The second kappa shape index (κ2) is 12.6. The molecule has 0 amide bonds. The monoisotopic (exact) mass is 791 g/mol. The van der Waals surface area contributed by atoms with Gasteiger partial charge in [0.1, 0.15) is 22.3 Å². The lowest BCUT2D eigenvalue weighted by Gasteiger charge is -2.34. The number of rotatable bonds is 4. The van der Waals surface area contributed by atoms with E-state index in [9.17, 15) is 0 Å². The molecular formula is C59H37NO2. The lowest BCUT2D eigenvalue weighted by molar-refractivity contribution is 0.669. The summed E-state index contributed by atoms with van der Waals surface area (Å²) in [4.78, 5) is 2.47. The molecule has 290 valence electrons. The maximum absolute atomic E-state index is 7.01. The van der Waals surface area contributed by atoms with Crippen LogP contribution in [0.1, 0.15) is 35.1 Å². The van der Waals surface area contributed by atoms with Crippen molar-refractivity contribution in [1.82, 2.24) is 0 Å². The first-order valence-electron chi connectivity index (χ1n) is 21.6. The van der Waals surface area contributed by atoms with Gasteiger partial charge in [0.05, 0.1) is 22.2 Å². The Balaban J connectivity index is 1.07. The Morgan fingerprint density at radius 1 is 0.435 bits per heavy atom. The molecule has 0 radical (unpaired) electrons. The van der Waals surface area contributed by atoms with Gasteiger partial charge in [-0.3, -0.25) is 0 Å². The quantitative estimate of drug-likeness (QED) is 0.178. The normalized spacial score (nSPS) is 16.2. The zero-order valence-electron chi connectivity index (χ0n) is 33.7. The maximum atomic E-state index is 7.01. The fourth-order valence-corrected chi connectivity index (χ4v) is 11.5. The third-order valence-electron chi connectivity index (χ3n) is 14.0. The predicted molar refractivity (Wildman–Crippen MR) is 256 cm³/mol. The fraction of sp³-hybridized carbons (Fsp3) is 0.0508. The number of anilines is 3. The number of fused-ring (bicyclic) bond motifs is 17. The van der Waals surface area contributed by atoms with Gasteiger partial charge in [0, 0.05) is 38.4 Å². The molecule has 0 aliphatic heterocycles. The van der Waals surface area contributed by atoms with Gasteiger partial charge in [0.15, 0.2) is 0 Å². The summed E-state index contributed by atoms with van der Waals surface area (Å²) in [5.41, 5.74) is 19.3. The summed E-state index contributed by atoms with van der Waals surface area (Å²) in [5.74, 6) is 0. The first-order valence-corrected chi connectivity index (χ1v) is 21.6. The van der Waals surface area contributed by atoms with Crippen LogP contribution in [-0.4, -0.2) is 0 Å². The topological polar surface area (TPSA) is 29.5 Å². The molecular weight excluding hydrogens is 755 g/mol. The average molecular weight is 792 g/mol. The van der Waals surface area contributed by atoms with E-state index in [4.69, 9.17) is 8.83 Å². The molecule has 1 unspecified atom stereocenters. The molecule has 1 atom stereocenters. The van der Waals surface area contributed by atoms with E-state index in [1.807, 2.05) is 6.07 Å². The number of benzene rings is 9. The van der Waals surface area contributed by atoms with Crippen molar-refractivity contribution in [3.05, 3.63) is 228 Å². The summed E-state index contributed by atoms with van der Waals surface area (Å²) < 4.78 is 13.6. The zero-order chi connectivity index (χ0) is 40.5. The fourth-order valence-electron chi connectivity index (χ4n) is 11.5. The molecule has 0 bridgehead atoms. The number of hydrogen-bond acceptors (Lipinski definition) is 3. The Morgan fingerprint density at radius 2 is 1.10 bits per heavy atom. The summed E-state index contributed by atoms with van der Waals surface area (Å²) >= 11 is 0. The van der Waals surface area contributed by atoms with Crippen LogP contribution in [0.5, 0.6) is 0 Å². The van der Waals surface area contributed by atoms with Crippen LogP contribution in [0.2, 0.25) is 0 Å². The molecule has 62 heavy (non-hydrogen) atoms. The van der Waals surface area contributed by atoms with E-state index in [0.717, 1.165) is 90.3 Å². The Bertz CT molecular complexity index is 3780. The number of furan rings is 2. The second-order valence-electron chi connectivity index (χ2n) is 17.0. The highest BCUT2D eigenvalue weighted by Gasteiger charge is 2.52. The van der Waals surface area contributed by atoms with Crippen molar-refractivity contribution in [3.63, 3.8) is 0 Å². The van der Waals surface area contributed by atoms with Crippen molar-refractivity contribution in [3.8, 4) is 22.3 Å². The van der Waals surface area contributed by atoms with Gasteiger partial charge < -0.3 is 13.7 Å². The van der Waals surface area contributed by atoms with Gasteiger partial charge in [-0.2, -0.15) is 0 Å². The molecule has 2 heterocycles. The summed E-state index contributed by atoms with van der Waals surface area (Å²) in [6.45, 7) is 0. The number of para-hydroxylation sites is 3. The van der Waals surface area contributed by atoms with Crippen LogP contribution in [0.25, 0.3) is 82.5 Å². The van der Waals surface area contributed by atoms with Crippen LogP contribution in [0.3, 0.4) is 0 Å². The molecule has 2 aromatic heterocycles. The van der Waals surface area contributed by atoms with E-state index in [1.54, 1.807) is 0 Å². The van der Waals surface area contributed by atoms with Gasteiger partial charge in [-0.15, -0.1) is 0 Å². The van der Waals surface area contributed by atoms with Crippen LogP contribution in [0.15, 0.2) is 215 Å². The first kappa shape index (κ1) is 33.9. The van der Waals surface area contributed by atoms with Crippen molar-refractivity contribution in [1.29, 1.82) is 0 Å². The number of allylic oxidation sites excluding steroid dienone is 4. The van der Waals surface area contributed by atoms with E-state index < -0.39 is 5.41 Å². The summed E-state index contributed by atoms with van der Waals surface area (Å²) in [7, 11) is 0. The highest BCUT2D eigenvalue weighted by molar-refractivity contribution is 6.18. The zero-order valence-corrected chi connectivity index (χ0v) is 33.7. The van der Waals surface area contributed by atoms with Crippen LogP contribution < -0.4 is 4.90 Å². The summed E-state index contributed by atoms with van der Waals surface area (Å²) in [5, 5.41) is 6.68. The Kier molecular flexibility index (Phi) is 6.88. The van der Waals surface area contributed by atoms with E-state index >= 15 is 0 Å². The van der Waals surface area contributed by atoms with Gasteiger partial charge in [-0.25, -0.2) is 0 Å². The van der Waals surface area contributed by atoms with Gasteiger partial charge in [-0.1, -0.05) is 158 Å². The molecule has 3 nitrogen and oxygen atoms in total. The highest BCUT2D eigenvalue weighted by Crippen LogP contribution is 2.64. The minimum Gasteiger partial charge on any atom is -0.456 e. The van der Waals surface area contributed by atoms with Gasteiger partial charge in [0.2, 0.25) is 0 Å². The van der Waals surface area contributed by atoms with Crippen LogP contribution in [0.4, 0.5) is 17.1 Å². The van der Waals surface area contributed by atoms with Crippen molar-refractivity contribution in [2.75, 3.05) is 4.90 Å². The van der Waals surface area contributed by atoms with Gasteiger partial charge >= 0.3 is 0 Å². The standard InChI is InChI=1S/C59H37NO2/c1-2-16-38-36(15-1)31-33-46-45-23-13-22-44(58(45)62-57(38)46)43-20-6-11-27-52(43)60(53-28-14-30-55-56(53)47-21-7-12-29-54(47)61-55)37-32-34-42-41-19-5-10-26-50(41)59(51(42)35-37)48-24-8-3-17-39(48)40-18-4-9-25-49(40)59/h1-3,5-17,19-35H,4,18H2. The van der Waals surface area contributed by atoms with Gasteiger partial charge in [-0.05, 0) is 105 Å². The largest absolute Gasteiger partial charge is 0.456 e. The lowest BCUT2D eigenvalue weighted by atomic mass is 9.69. The van der Waals surface area contributed by atoms with Crippen molar-refractivity contribution in [2.45, 2.75) is 18.3 Å². The smallest absolute Gasteiger partial charge is 0.143 e. The highest BCUT2D eigenvalue weighted by atomic mass is 16.3. The van der Waals surface area contributed by atoms with Crippen molar-refractivity contribution < 1.29 is 8.83 Å². The first-order chi connectivity index (χ1) is 30.8. The lowest BCUT2D eigenvalue weighted by Crippen LogP contribution is -2.27. The summed E-state index contributed by atoms with van der Waals surface area (Å²) in [6, 6.07) is 68.6. The van der Waals surface area contributed by atoms with Crippen LogP contribution in [0, 0.1) is 0 Å². The molecule has 0 N–H and O–H groups in total. The van der Waals surface area contributed by atoms with Crippen LogP contribution in [-0.2, 0) is 5.41 Å². The molecule has 3 heteroatoms. The van der Waals surface area contributed by atoms with Crippen LogP contribution >= 0.6 is 0 Å². The van der Waals surface area contributed by atoms with E-state index in [1.165, 1.54) is 49.9 Å². The van der Waals surface area contributed by atoms with E-state index in [-0.39, 0.29) is 0 Å². The van der Waals surface area contributed by atoms with E-state index in [2.05, 4.69) is 199 Å². The third-order valence-corrected chi connectivity index (χ3v) is 14.0. The minimum atomic E-state index is -0.438. The Hall–Kier alpha value is -7.88. The molecule has 11 aromatic rings. The molecule has 9 aromatic carbocycles. The van der Waals surface area contributed by atoms with Gasteiger partial charge in [0.25, 0.3) is 0 Å². The van der Waals surface area contributed by atoms with Crippen molar-refractivity contribution >= 4 is 77.3 Å². The number of nitrogens with zero attached hydrogens (tertiary/aromatic N) is 1. The molecule has 0 fully saturated rings. The Labute approximate surface area is 358 Å². The molecule has 0 saturated heterocycles. The Morgan fingerprint density at radius 3 is 2.02 bits per heavy atom. The van der Waals surface area contributed by atoms with Crippen molar-refractivity contribution in [2.24, 2.45) is 0 Å². The van der Waals surface area contributed by atoms with E-state index in [0.29, 0.717) is 0 Å². The molecule has 1 spiro atoms. The average Bonchev–Trinajstić information content (AvgIpc) is 4.08. The minimum absolute atomic E-state index is 0.438. The molecule has 3 aliphatic carbocycles. The third kappa shape index (κ3) is 4.39.